The van der Waals surface area contributed by atoms with Crippen molar-refractivity contribution in [1.29, 1.82) is 0 Å². The van der Waals surface area contributed by atoms with E-state index >= 15 is 0 Å². The molecule has 1 aromatic rings. The second-order valence-electron chi connectivity index (χ2n) is 5.32. The van der Waals surface area contributed by atoms with Crippen LogP contribution >= 0.6 is 0 Å². The van der Waals surface area contributed by atoms with Crippen molar-refractivity contribution >= 4 is 12.6 Å². The predicted molar refractivity (Wildman–Crippen MR) is 66.9 cm³/mol. The van der Waals surface area contributed by atoms with Gasteiger partial charge in [0.2, 0.25) is 0 Å². The lowest BCUT2D eigenvalue weighted by Crippen LogP contribution is -2.47. The molecule has 1 aliphatic rings. The summed E-state index contributed by atoms with van der Waals surface area (Å²) in [7, 11) is -0.353. The van der Waals surface area contributed by atoms with Gasteiger partial charge < -0.3 is 9.31 Å². The van der Waals surface area contributed by atoms with Gasteiger partial charge >= 0.3 is 7.12 Å². The van der Waals surface area contributed by atoms with Gasteiger partial charge in [0.05, 0.1) is 0 Å². The molecule has 1 aliphatic heterocycles. The van der Waals surface area contributed by atoms with Crippen molar-refractivity contribution in [3.63, 3.8) is 0 Å². The van der Waals surface area contributed by atoms with Gasteiger partial charge in [0.25, 0.3) is 0 Å². The van der Waals surface area contributed by atoms with E-state index in [2.05, 4.69) is 13.8 Å². The zero-order valence-electron chi connectivity index (χ0n) is 10.6. The minimum Gasteiger partial charge on any atom is -0.407 e. The molecular weight excluding hydrogens is 218 g/mol. The van der Waals surface area contributed by atoms with E-state index in [9.17, 15) is 4.39 Å². The third-order valence-electron chi connectivity index (χ3n) is 2.97. The van der Waals surface area contributed by atoms with Gasteiger partial charge in [-0.05, 0) is 23.5 Å². The van der Waals surface area contributed by atoms with Gasteiger partial charge in [-0.25, -0.2) is 4.39 Å². The molecule has 0 saturated carbocycles. The number of hydrogen-bond acceptors (Lipinski definition) is 2. The highest BCUT2D eigenvalue weighted by atomic mass is 19.1. The van der Waals surface area contributed by atoms with Crippen LogP contribution in [-0.4, -0.2) is 20.3 Å². The van der Waals surface area contributed by atoms with Crippen LogP contribution in [0, 0.1) is 11.2 Å². The fourth-order valence-electron chi connectivity index (χ4n) is 1.90. The molecule has 0 bridgehead atoms. The fraction of sp³-hybridized carbons (Fsp3) is 0.538. The Morgan fingerprint density at radius 3 is 2.53 bits per heavy atom. The number of hydrogen-bond donors (Lipinski definition) is 0. The zero-order valence-corrected chi connectivity index (χ0v) is 10.6. The van der Waals surface area contributed by atoms with Crippen molar-refractivity contribution in [2.45, 2.75) is 27.2 Å². The van der Waals surface area contributed by atoms with Crippen molar-refractivity contribution in [2.75, 3.05) is 13.2 Å². The van der Waals surface area contributed by atoms with Crippen LogP contribution in [0.3, 0.4) is 0 Å². The quantitative estimate of drug-likeness (QED) is 0.732. The summed E-state index contributed by atoms with van der Waals surface area (Å²) in [5.41, 5.74) is 1.67. The van der Waals surface area contributed by atoms with Crippen molar-refractivity contribution < 1.29 is 13.7 Å². The van der Waals surface area contributed by atoms with E-state index < -0.39 is 0 Å². The third kappa shape index (κ3) is 2.88. The van der Waals surface area contributed by atoms with E-state index in [0.29, 0.717) is 25.2 Å². The first-order valence-corrected chi connectivity index (χ1v) is 6.03. The van der Waals surface area contributed by atoms with E-state index in [1.165, 1.54) is 6.07 Å². The molecule has 0 N–H and O–H groups in total. The Kier molecular flexibility index (Phi) is 3.54. The van der Waals surface area contributed by atoms with Crippen LogP contribution in [0.4, 0.5) is 4.39 Å². The maximum absolute atomic E-state index is 13.4. The highest BCUT2D eigenvalue weighted by Crippen LogP contribution is 2.21. The molecule has 0 radical (unpaired) electrons. The minimum atomic E-state index is -0.353. The van der Waals surface area contributed by atoms with Crippen molar-refractivity contribution in [3.8, 4) is 0 Å². The molecule has 0 aliphatic carbocycles. The van der Waals surface area contributed by atoms with E-state index in [4.69, 9.17) is 9.31 Å². The molecule has 4 heteroatoms. The Bertz CT molecular complexity index is 396. The largest absolute Gasteiger partial charge is 0.493 e. The molecule has 92 valence electrons. The predicted octanol–water partition coefficient (Wildman–Crippen LogP) is 2.16. The average molecular weight is 236 g/mol. The summed E-state index contributed by atoms with van der Waals surface area (Å²) in [4.78, 5) is 0. The summed E-state index contributed by atoms with van der Waals surface area (Å²) in [6.45, 7) is 7.47. The van der Waals surface area contributed by atoms with Crippen LogP contribution in [0.1, 0.15) is 26.3 Å². The number of aryl methyl sites for hydroxylation is 1. The van der Waals surface area contributed by atoms with E-state index in [1.54, 1.807) is 6.07 Å². The molecule has 0 amide bonds. The summed E-state index contributed by atoms with van der Waals surface area (Å²) < 4.78 is 24.7. The maximum Gasteiger partial charge on any atom is 0.493 e. The minimum absolute atomic E-state index is 0.0596. The summed E-state index contributed by atoms with van der Waals surface area (Å²) >= 11 is 0. The topological polar surface area (TPSA) is 18.5 Å². The van der Waals surface area contributed by atoms with Gasteiger partial charge in [-0.1, -0.05) is 32.9 Å². The van der Waals surface area contributed by atoms with E-state index in [1.807, 2.05) is 13.0 Å². The average Bonchev–Trinajstić information content (AvgIpc) is 2.30. The zero-order chi connectivity index (χ0) is 12.5. The first kappa shape index (κ1) is 12.6. The highest BCUT2D eigenvalue weighted by Gasteiger charge is 2.33. The van der Waals surface area contributed by atoms with E-state index in [-0.39, 0.29) is 18.4 Å². The van der Waals surface area contributed by atoms with Gasteiger partial charge in [-0.3, -0.25) is 0 Å². The number of halogens is 1. The number of rotatable bonds is 2. The van der Waals surface area contributed by atoms with Gasteiger partial charge in [-0.2, -0.15) is 0 Å². The van der Waals surface area contributed by atoms with Crippen LogP contribution in [0.2, 0.25) is 0 Å². The Morgan fingerprint density at radius 1 is 1.29 bits per heavy atom. The van der Waals surface area contributed by atoms with Gasteiger partial charge in [0.15, 0.2) is 0 Å². The van der Waals surface area contributed by atoms with Gasteiger partial charge in [0, 0.05) is 18.6 Å². The molecular formula is C13H18BFO2. The Hall–Kier alpha value is -0.865. The van der Waals surface area contributed by atoms with E-state index in [0.717, 1.165) is 5.46 Å². The van der Waals surface area contributed by atoms with Crippen LogP contribution in [0.5, 0.6) is 0 Å². The Morgan fingerprint density at radius 2 is 1.94 bits per heavy atom. The smallest absolute Gasteiger partial charge is 0.407 e. The monoisotopic (exact) mass is 236 g/mol. The molecule has 0 atom stereocenters. The molecule has 1 aromatic carbocycles. The molecule has 0 aromatic heterocycles. The lowest BCUT2D eigenvalue weighted by molar-refractivity contribution is 0.0343. The summed E-state index contributed by atoms with van der Waals surface area (Å²) in [6.07, 6.45) is 0.678. The van der Waals surface area contributed by atoms with Crippen LogP contribution in [0.25, 0.3) is 0 Å². The molecule has 1 fully saturated rings. The lowest BCUT2D eigenvalue weighted by Gasteiger charge is -2.33. The highest BCUT2D eigenvalue weighted by molar-refractivity contribution is 6.61. The normalized spacial score (nSPS) is 19.4. The van der Waals surface area contributed by atoms with Crippen LogP contribution in [0.15, 0.2) is 18.2 Å². The summed E-state index contributed by atoms with van der Waals surface area (Å²) in [5.74, 6) is -0.160. The number of benzene rings is 1. The first-order valence-electron chi connectivity index (χ1n) is 6.03. The summed E-state index contributed by atoms with van der Waals surface area (Å²) in [6, 6.07) is 5.05. The first-order chi connectivity index (χ1) is 8.02. The molecule has 17 heavy (non-hydrogen) atoms. The van der Waals surface area contributed by atoms with Crippen LogP contribution < -0.4 is 5.46 Å². The molecule has 1 saturated heterocycles. The van der Waals surface area contributed by atoms with Crippen molar-refractivity contribution in [2.24, 2.45) is 5.41 Å². The maximum atomic E-state index is 13.4. The van der Waals surface area contributed by atoms with Crippen LogP contribution in [-0.2, 0) is 15.7 Å². The van der Waals surface area contributed by atoms with Gasteiger partial charge in [0.1, 0.15) is 5.82 Å². The third-order valence-corrected chi connectivity index (χ3v) is 2.97. The Labute approximate surface area is 102 Å². The molecule has 0 spiro atoms. The second-order valence-corrected chi connectivity index (χ2v) is 5.32. The van der Waals surface area contributed by atoms with Gasteiger partial charge in [-0.15, -0.1) is 0 Å². The molecule has 2 nitrogen and oxygen atoms in total. The SMILES string of the molecule is CCc1cc(B2OCC(C)(C)CO2)ccc1F. The molecule has 2 rings (SSSR count). The Balaban J connectivity index is 2.13. The standard InChI is InChI=1S/C13H18BFO2/c1-4-10-7-11(5-6-12(10)15)14-16-8-13(2,3)9-17-14/h5-7H,4,8-9H2,1-3H3. The summed E-state index contributed by atoms with van der Waals surface area (Å²) in [5, 5.41) is 0. The molecule has 1 heterocycles. The van der Waals surface area contributed by atoms with Crippen molar-refractivity contribution in [1.82, 2.24) is 0 Å². The van der Waals surface area contributed by atoms with Crippen molar-refractivity contribution in [3.05, 3.63) is 29.6 Å². The lowest BCUT2D eigenvalue weighted by atomic mass is 9.75. The molecule has 0 unspecified atom stereocenters. The second kappa shape index (κ2) is 4.79. The fourth-order valence-corrected chi connectivity index (χ4v) is 1.90.